The lowest BCUT2D eigenvalue weighted by molar-refractivity contribution is -0.135. The Kier molecular flexibility index (Phi) is 6.65. The van der Waals surface area contributed by atoms with Crippen molar-refractivity contribution in [2.75, 3.05) is 7.11 Å². The molecule has 1 amide bonds. The van der Waals surface area contributed by atoms with Crippen molar-refractivity contribution in [2.24, 2.45) is 10.2 Å². The molecular formula is C19H15N3O7S. The van der Waals surface area contributed by atoms with Gasteiger partial charge in [-0.2, -0.15) is 5.10 Å². The molecule has 1 aliphatic rings. The molecule has 11 heteroatoms. The van der Waals surface area contributed by atoms with Crippen molar-refractivity contribution >= 4 is 41.0 Å². The van der Waals surface area contributed by atoms with Gasteiger partial charge in [-0.1, -0.05) is 12.1 Å². The molecule has 1 saturated heterocycles. The maximum atomic E-state index is 11.8. The van der Waals surface area contributed by atoms with Crippen LogP contribution in [-0.4, -0.2) is 41.4 Å². The Labute approximate surface area is 174 Å². The second-order valence-electron chi connectivity index (χ2n) is 5.64. The van der Waals surface area contributed by atoms with E-state index >= 15 is 0 Å². The first kappa shape index (κ1) is 20.9. The number of thioether (sulfide) groups is 1. The number of amides is 1. The molecule has 2 aromatic rings. The molecule has 154 valence electrons. The van der Waals surface area contributed by atoms with Crippen molar-refractivity contribution in [3.8, 4) is 5.75 Å². The number of nitrogens with zero attached hydrogens (tertiary/aromatic N) is 2. The minimum atomic E-state index is -1.16. The number of aromatic carboxylic acids is 1. The Morgan fingerprint density at radius 3 is 2.80 bits per heavy atom. The molecule has 3 rings (SSSR count). The SMILES string of the molecule is COC(=O)/C=C1/S/C(=N\N=Cc2ccccc2OCc2ccc(C(=O)O)o2)NC1=O. The van der Waals surface area contributed by atoms with Crippen molar-refractivity contribution in [1.82, 2.24) is 5.32 Å². The van der Waals surface area contributed by atoms with Gasteiger partial charge >= 0.3 is 11.9 Å². The summed E-state index contributed by atoms with van der Waals surface area (Å²) < 4.78 is 15.3. The van der Waals surface area contributed by atoms with E-state index in [4.69, 9.17) is 14.3 Å². The molecule has 10 nitrogen and oxygen atoms in total. The molecule has 1 aliphatic heterocycles. The van der Waals surface area contributed by atoms with Crippen LogP contribution in [0.2, 0.25) is 0 Å². The van der Waals surface area contributed by atoms with E-state index in [9.17, 15) is 14.4 Å². The van der Waals surface area contributed by atoms with Crippen LogP contribution in [-0.2, 0) is 20.9 Å². The zero-order valence-corrected chi connectivity index (χ0v) is 16.3. The molecule has 1 fully saturated rings. The van der Waals surface area contributed by atoms with Crippen LogP contribution < -0.4 is 10.1 Å². The summed E-state index contributed by atoms with van der Waals surface area (Å²) in [5.74, 6) is -1.61. The number of hydrogen-bond acceptors (Lipinski definition) is 9. The number of methoxy groups -OCH3 is 1. The van der Waals surface area contributed by atoms with Gasteiger partial charge in [0.15, 0.2) is 5.17 Å². The van der Waals surface area contributed by atoms with Gasteiger partial charge in [0.05, 0.1) is 18.2 Å². The third-order valence-electron chi connectivity index (χ3n) is 3.61. The van der Waals surface area contributed by atoms with Crippen LogP contribution in [0.5, 0.6) is 5.75 Å². The summed E-state index contributed by atoms with van der Waals surface area (Å²) in [4.78, 5) is 34.0. The van der Waals surface area contributed by atoms with Crippen molar-refractivity contribution in [3.63, 3.8) is 0 Å². The summed E-state index contributed by atoms with van der Waals surface area (Å²) in [7, 11) is 1.21. The van der Waals surface area contributed by atoms with Crippen LogP contribution in [0.4, 0.5) is 0 Å². The first-order valence-corrected chi connectivity index (χ1v) is 9.21. The fraction of sp³-hybridized carbons (Fsp3) is 0.105. The highest BCUT2D eigenvalue weighted by Gasteiger charge is 2.25. The van der Waals surface area contributed by atoms with Gasteiger partial charge in [0, 0.05) is 11.6 Å². The van der Waals surface area contributed by atoms with E-state index in [1.54, 1.807) is 24.3 Å². The van der Waals surface area contributed by atoms with Gasteiger partial charge in [-0.05, 0) is 36.0 Å². The summed E-state index contributed by atoms with van der Waals surface area (Å²) in [6, 6.07) is 9.86. The van der Waals surface area contributed by atoms with E-state index in [-0.39, 0.29) is 22.4 Å². The molecule has 30 heavy (non-hydrogen) atoms. The number of carbonyl (C=O) groups is 3. The molecule has 2 heterocycles. The fourth-order valence-corrected chi connectivity index (χ4v) is 2.96. The Balaban J connectivity index is 1.66. The summed E-state index contributed by atoms with van der Waals surface area (Å²) >= 11 is 0.958. The van der Waals surface area contributed by atoms with E-state index in [1.807, 2.05) is 0 Å². The van der Waals surface area contributed by atoms with Crippen LogP contribution in [0.25, 0.3) is 0 Å². The van der Waals surface area contributed by atoms with Crippen molar-refractivity contribution in [2.45, 2.75) is 6.61 Å². The quantitative estimate of drug-likeness (QED) is 0.295. The normalized spacial score (nSPS) is 16.2. The van der Waals surface area contributed by atoms with Crippen LogP contribution in [0.15, 0.2) is 62.0 Å². The highest BCUT2D eigenvalue weighted by molar-refractivity contribution is 8.18. The van der Waals surface area contributed by atoms with Gasteiger partial charge in [-0.15, -0.1) is 5.10 Å². The third kappa shape index (κ3) is 5.35. The minimum absolute atomic E-state index is 0.0280. The Bertz CT molecular complexity index is 1070. The lowest BCUT2D eigenvalue weighted by Gasteiger charge is -2.06. The maximum absolute atomic E-state index is 11.8. The molecular weight excluding hydrogens is 414 g/mol. The van der Waals surface area contributed by atoms with E-state index in [2.05, 4.69) is 20.3 Å². The standard InChI is InChI=1S/C19H15N3O7S/c1-27-16(23)8-15-17(24)21-19(30-15)22-20-9-11-4-2-3-5-13(11)28-10-12-6-7-14(29-12)18(25)26/h2-9H,10H2,1H3,(H,25,26)(H,21,22,24)/b15-8+,20-9?. The second kappa shape index (κ2) is 9.56. The number of para-hydroxylation sites is 1. The monoisotopic (exact) mass is 429 g/mol. The van der Waals surface area contributed by atoms with Crippen LogP contribution in [0.1, 0.15) is 21.9 Å². The number of carboxylic acid groups (broad SMARTS) is 1. The van der Waals surface area contributed by atoms with E-state index in [0.29, 0.717) is 17.1 Å². The summed E-state index contributed by atoms with van der Waals surface area (Å²) in [6.45, 7) is 0.0280. The summed E-state index contributed by atoms with van der Waals surface area (Å²) in [6.07, 6.45) is 2.50. The average molecular weight is 429 g/mol. The molecule has 0 spiro atoms. The zero-order valence-electron chi connectivity index (χ0n) is 15.5. The lowest BCUT2D eigenvalue weighted by Crippen LogP contribution is -2.19. The molecule has 2 N–H and O–H groups in total. The zero-order chi connectivity index (χ0) is 21.5. The Morgan fingerprint density at radius 2 is 2.07 bits per heavy atom. The number of furan rings is 1. The molecule has 0 bridgehead atoms. The third-order valence-corrected chi connectivity index (χ3v) is 4.51. The fourth-order valence-electron chi connectivity index (χ4n) is 2.22. The molecule has 0 aliphatic carbocycles. The van der Waals surface area contributed by atoms with Crippen molar-refractivity contribution in [1.29, 1.82) is 0 Å². The number of ether oxygens (including phenoxy) is 2. The molecule has 0 saturated carbocycles. The first-order chi connectivity index (χ1) is 14.5. The number of amidine groups is 1. The van der Waals surface area contributed by atoms with Gasteiger partial charge in [0.25, 0.3) is 5.91 Å². The second-order valence-corrected chi connectivity index (χ2v) is 6.67. The summed E-state index contributed by atoms with van der Waals surface area (Å²) in [5, 5.41) is 19.4. The lowest BCUT2D eigenvalue weighted by atomic mass is 10.2. The largest absolute Gasteiger partial charge is 0.485 e. The van der Waals surface area contributed by atoms with Crippen LogP contribution in [0.3, 0.4) is 0 Å². The molecule has 0 atom stereocenters. The number of rotatable bonds is 7. The van der Waals surface area contributed by atoms with Gasteiger partial charge < -0.3 is 19.0 Å². The van der Waals surface area contributed by atoms with Gasteiger partial charge in [-0.3, -0.25) is 10.1 Å². The topological polar surface area (TPSA) is 140 Å². The number of hydrogen-bond donors (Lipinski definition) is 2. The first-order valence-electron chi connectivity index (χ1n) is 8.40. The average Bonchev–Trinajstić information content (AvgIpc) is 3.34. The molecule has 0 unspecified atom stereocenters. The highest BCUT2D eigenvalue weighted by Crippen LogP contribution is 2.24. The van der Waals surface area contributed by atoms with Crippen LogP contribution >= 0.6 is 11.8 Å². The molecule has 1 aromatic carbocycles. The van der Waals surface area contributed by atoms with Gasteiger partial charge in [-0.25, -0.2) is 9.59 Å². The molecule has 0 radical (unpaired) electrons. The number of esters is 1. The van der Waals surface area contributed by atoms with Gasteiger partial charge in [0.1, 0.15) is 18.1 Å². The predicted octanol–water partition coefficient (Wildman–Crippen LogP) is 2.17. The number of benzene rings is 1. The van der Waals surface area contributed by atoms with Crippen molar-refractivity contribution in [3.05, 3.63) is 64.5 Å². The molecule has 1 aromatic heterocycles. The van der Waals surface area contributed by atoms with E-state index < -0.39 is 17.8 Å². The van der Waals surface area contributed by atoms with E-state index in [1.165, 1.54) is 25.5 Å². The van der Waals surface area contributed by atoms with E-state index in [0.717, 1.165) is 17.8 Å². The summed E-state index contributed by atoms with van der Waals surface area (Å²) in [5.41, 5.74) is 0.603. The van der Waals surface area contributed by atoms with Gasteiger partial charge in [0.2, 0.25) is 5.76 Å². The smallest absolute Gasteiger partial charge is 0.371 e. The van der Waals surface area contributed by atoms with Crippen molar-refractivity contribution < 1.29 is 33.4 Å². The van der Waals surface area contributed by atoms with Crippen LogP contribution in [0, 0.1) is 0 Å². The Hall–Kier alpha value is -3.86. The maximum Gasteiger partial charge on any atom is 0.371 e. The minimum Gasteiger partial charge on any atom is -0.485 e. The number of carboxylic acids is 1. The Morgan fingerprint density at radius 1 is 1.27 bits per heavy atom. The number of nitrogens with one attached hydrogen (secondary N) is 1. The highest BCUT2D eigenvalue weighted by atomic mass is 32.2. The predicted molar refractivity (Wildman–Crippen MR) is 107 cm³/mol. The number of carbonyl (C=O) groups excluding carboxylic acids is 2.